The number of thioether (sulfide) groups is 1. The third kappa shape index (κ3) is 7.81. The molecule has 70 valence electrons. The van der Waals surface area contributed by atoms with Crippen molar-refractivity contribution in [3.63, 3.8) is 0 Å². The fourth-order valence-corrected chi connectivity index (χ4v) is 1.70. The van der Waals surface area contributed by atoms with Gasteiger partial charge in [0.25, 0.3) is 0 Å². The molecule has 3 nitrogen and oxygen atoms in total. The average Bonchev–Trinajstić information content (AvgIpc) is 1.98. The van der Waals surface area contributed by atoms with Crippen LogP contribution >= 0.6 is 24.0 Å². The summed E-state index contributed by atoms with van der Waals surface area (Å²) >= 11 is 6.44. The summed E-state index contributed by atoms with van der Waals surface area (Å²) < 4.78 is 0.753. The molecule has 0 aliphatic rings. The second-order valence-electron chi connectivity index (χ2n) is 2.16. The van der Waals surface area contributed by atoms with E-state index in [1.54, 1.807) is 0 Å². The minimum Gasteiger partial charge on any atom is -0.481 e. The van der Waals surface area contributed by atoms with E-state index >= 15 is 0 Å². The maximum absolute atomic E-state index is 10.1. The largest absolute Gasteiger partial charge is 0.481 e. The first kappa shape index (κ1) is 11.7. The molecule has 0 heterocycles. The molecule has 0 radical (unpaired) electrons. The highest BCUT2D eigenvalue weighted by Gasteiger charge is 1.98. The Hall–Kier alpha value is -0.290. The molecular weight excluding hydrogens is 194 g/mol. The third-order valence-corrected chi connectivity index (χ3v) is 2.49. The Morgan fingerprint density at radius 3 is 2.83 bits per heavy atom. The Bertz CT molecular complexity index is 161. The summed E-state index contributed by atoms with van der Waals surface area (Å²) in [4.78, 5) is 10.1. The van der Waals surface area contributed by atoms with Gasteiger partial charge in [0.2, 0.25) is 0 Å². The number of rotatable bonds is 5. The maximum Gasteiger partial charge on any atom is 0.303 e. The van der Waals surface area contributed by atoms with Gasteiger partial charge in [0.15, 0.2) is 0 Å². The van der Waals surface area contributed by atoms with Crippen LogP contribution in [0.4, 0.5) is 0 Å². The second kappa shape index (κ2) is 7.36. The van der Waals surface area contributed by atoms with Crippen molar-refractivity contribution in [1.29, 1.82) is 0 Å². The minimum absolute atomic E-state index is 0.224. The van der Waals surface area contributed by atoms with Crippen LogP contribution in [0.1, 0.15) is 19.8 Å². The summed E-state index contributed by atoms with van der Waals surface area (Å²) in [7, 11) is 0. The summed E-state index contributed by atoms with van der Waals surface area (Å²) in [6.45, 7) is 2.80. The first-order valence-corrected chi connectivity index (χ1v) is 5.18. The van der Waals surface area contributed by atoms with Crippen LogP contribution < -0.4 is 5.32 Å². The lowest BCUT2D eigenvalue weighted by Gasteiger charge is -2.02. The van der Waals surface area contributed by atoms with Gasteiger partial charge < -0.3 is 10.4 Å². The van der Waals surface area contributed by atoms with E-state index in [4.69, 9.17) is 17.3 Å². The van der Waals surface area contributed by atoms with Gasteiger partial charge in [-0.05, 0) is 13.3 Å². The van der Waals surface area contributed by atoms with Crippen molar-refractivity contribution in [2.24, 2.45) is 0 Å². The second-order valence-corrected chi connectivity index (χ2v) is 3.94. The molecule has 0 aromatic carbocycles. The molecule has 0 saturated carbocycles. The Balaban J connectivity index is 3.19. The predicted molar refractivity (Wildman–Crippen MR) is 55.6 cm³/mol. The molecule has 0 rings (SSSR count). The molecule has 0 atom stereocenters. The SMILES string of the molecule is CCNC(=S)SCCCC(=O)O. The number of hydrogen-bond acceptors (Lipinski definition) is 3. The zero-order valence-corrected chi connectivity index (χ0v) is 8.63. The van der Waals surface area contributed by atoms with Crippen molar-refractivity contribution in [1.82, 2.24) is 5.32 Å². The number of nitrogens with one attached hydrogen (secondary N) is 1. The molecule has 0 aromatic rings. The molecule has 0 aromatic heterocycles. The maximum atomic E-state index is 10.1. The van der Waals surface area contributed by atoms with E-state index in [-0.39, 0.29) is 6.42 Å². The predicted octanol–water partition coefficient (Wildman–Crippen LogP) is 1.48. The van der Waals surface area contributed by atoms with E-state index in [1.807, 2.05) is 6.92 Å². The van der Waals surface area contributed by atoms with Crippen molar-refractivity contribution in [2.75, 3.05) is 12.3 Å². The molecule has 0 saturated heterocycles. The van der Waals surface area contributed by atoms with Gasteiger partial charge in [0.1, 0.15) is 4.32 Å². The van der Waals surface area contributed by atoms with Crippen LogP contribution in [0.2, 0.25) is 0 Å². The van der Waals surface area contributed by atoms with Gasteiger partial charge in [0, 0.05) is 18.7 Å². The zero-order valence-electron chi connectivity index (χ0n) is 7.00. The molecule has 12 heavy (non-hydrogen) atoms. The monoisotopic (exact) mass is 207 g/mol. The number of carboxylic acids is 1. The Morgan fingerprint density at radius 2 is 2.33 bits per heavy atom. The smallest absolute Gasteiger partial charge is 0.303 e. The van der Waals surface area contributed by atoms with Crippen molar-refractivity contribution in [3.05, 3.63) is 0 Å². The highest BCUT2D eigenvalue weighted by molar-refractivity contribution is 8.22. The lowest BCUT2D eigenvalue weighted by molar-refractivity contribution is -0.137. The summed E-state index contributed by atoms with van der Waals surface area (Å²) in [5, 5.41) is 11.3. The Morgan fingerprint density at radius 1 is 1.67 bits per heavy atom. The van der Waals surface area contributed by atoms with Gasteiger partial charge in [-0.25, -0.2) is 0 Å². The van der Waals surface area contributed by atoms with Crippen LogP contribution in [0.5, 0.6) is 0 Å². The fraction of sp³-hybridized carbons (Fsp3) is 0.714. The van der Waals surface area contributed by atoms with Crippen LogP contribution in [0.25, 0.3) is 0 Å². The highest BCUT2D eigenvalue weighted by Crippen LogP contribution is 2.05. The molecule has 5 heteroatoms. The van der Waals surface area contributed by atoms with Crippen LogP contribution in [-0.2, 0) is 4.79 Å². The quantitative estimate of drug-likeness (QED) is 0.528. The van der Waals surface area contributed by atoms with E-state index in [0.717, 1.165) is 16.6 Å². The molecule has 0 fully saturated rings. The van der Waals surface area contributed by atoms with E-state index in [1.165, 1.54) is 11.8 Å². The Kier molecular flexibility index (Phi) is 7.19. The lowest BCUT2D eigenvalue weighted by Crippen LogP contribution is -2.17. The molecule has 0 aliphatic carbocycles. The first-order valence-electron chi connectivity index (χ1n) is 3.79. The van der Waals surface area contributed by atoms with Gasteiger partial charge in [-0.1, -0.05) is 24.0 Å². The van der Waals surface area contributed by atoms with E-state index < -0.39 is 5.97 Å². The Labute approximate surface area is 81.9 Å². The normalized spacial score (nSPS) is 9.42. The first-order chi connectivity index (χ1) is 5.66. The van der Waals surface area contributed by atoms with E-state index in [9.17, 15) is 4.79 Å². The van der Waals surface area contributed by atoms with Gasteiger partial charge in [0.05, 0.1) is 0 Å². The van der Waals surface area contributed by atoms with Gasteiger partial charge in [-0.15, -0.1) is 0 Å². The summed E-state index contributed by atoms with van der Waals surface area (Å²) in [6.07, 6.45) is 0.896. The van der Waals surface area contributed by atoms with Gasteiger partial charge in [-0.3, -0.25) is 4.79 Å². The van der Waals surface area contributed by atoms with Gasteiger partial charge in [-0.2, -0.15) is 0 Å². The van der Waals surface area contributed by atoms with E-state index in [0.29, 0.717) is 6.42 Å². The molecule has 2 N–H and O–H groups in total. The van der Waals surface area contributed by atoms with Crippen molar-refractivity contribution < 1.29 is 9.90 Å². The molecular formula is C7H13NO2S2. The third-order valence-electron chi connectivity index (χ3n) is 1.09. The summed E-state index contributed by atoms with van der Waals surface area (Å²) in [5.74, 6) is 0.0305. The number of hydrogen-bond donors (Lipinski definition) is 2. The molecule has 0 spiro atoms. The minimum atomic E-state index is -0.745. The van der Waals surface area contributed by atoms with Crippen LogP contribution in [0, 0.1) is 0 Å². The molecule has 0 amide bonds. The van der Waals surface area contributed by atoms with Crippen molar-refractivity contribution >= 4 is 34.3 Å². The van der Waals surface area contributed by atoms with Crippen molar-refractivity contribution in [3.8, 4) is 0 Å². The fourth-order valence-electron chi connectivity index (χ4n) is 0.584. The number of aliphatic carboxylic acids is 1. The number of carbonyl (C=O) groups is 1. The number of thiocarbonyl (C=S) groups is 1. The lowest BCUT2D eigenvalue weighted by atomic mass is 10.3. The zero-order chi connectivity index (χ0) is 9.40. The summed E-state index contributed by atoms with van der Waals surface area (Å²) in [5.41, 5.74) is 0. The van der Waals surface area contributed by atoms with Crippen LogP contribution in [0.15, 0.2) is 0 Å². The molecule has 0 aliphatic heterocycles. The standard InChI is InChI=1S/C7H13NO2S2/c1-2-8-7(11)12-5-3-4-6(9)10/h2-5H2,1H3,(H,8,11)(H,9,10). The topological polar surface area (TPSA) is 49.3 Å². The van der Waals surface area contributed by atoms with Gasteiger partial charge >= 0.3 is 5.97 Å². The summed E-state index contributed by atoms with van der Waals surface area (Å²) in [6, 6.07) is 0. The van der Waals surface area contributed by atoms with E-state index in [2.05, 4.69) is 5.32 Å². The van der Waals surface area contributed by atoms with Crippen LogP contribution in [0.3, 0.4) is 0 Å². The molecule has 0 unspecified atom stereocenters. The van der Waals surface area contributed by atoms with Crippen molar-refractivity contribution in [2.45, 2.75) is 19.8 Å². The highest BCUT2D eigenvalue weighted by atomic mass is 32.2. The number of carboxylic acid groups (broad SMARTS) is 1. The average molecular weight is 207 g/mol. The van der Waals surface area contributed by atoms with Crippen LogP contribution in [-0.4, -0.2) is 27.7 Å². The molecule has 0 bridgehead atoms.